The Morgan fingerprint density at radius 3 is 1.37 bits per heavy atom. The van der Waals surface area contributed by atoms with E-state index in [2.05, 4.69) is 0 Å². The number of methoxy groups -OCH3 is 2. The largest absolute Gasteiger partial charge is 0.493 e. The van der Waals surface area contributed by atoms with Gasteiger partial charge >= 0.3 is 11.9 Å². The first-order chi connectivity index (χ1) is 20.4. The Bertz CT molecular complexity index is 1250. The van der Waals surface area contributed by atoms with E-state index in [-0.39, 0.29) is 29.8 Å². The number of rotatable bonds is 16. The van der Waals surface area contributed by atoms with E-state index in [4.69, 9.17) is 30.4 Å². The Morgan fingerprint density at radius 2 is 1.05 bits per heavy atom. The van der Waals surface area contributed by atoms with Crippen LogP contribution in [0.1, 0.15) is 58.1 Å². The summed E-state index contributed by atoms with van der Waals surface area (Å²) < 4.78 is 21.5. The number of ketones is 2. The highest BCUT2D eigenvalue weighted by molar-refractivity contribution is 6.10. The summed E-state index contributed by atoms with van der Waals surface area (Å²) in [5, 5.41) is 0. The summed E-state index contributed by atoms with van der Waals surface area (Å²) in [5.74, 6) is -0.968. The molecule has 0 saturated heterocycles. The molecule has 2 rings (SSSR count). The van der Waals surface area contributed by atoms with Gasteiger partial charge in [-0.2, -0.15) is 0 Å². The van der Waals surface area contributed by atoms with Gasteiger partial charge in [0.15, 0.2) is 34.6 Å². The Morgan fingerprint density at radius 1 is 0.674 bits per heavy atom. The first-order valence-electron chi connectivity index (χ1n) is 14.2. The molecule has 232 valence electrons. The number of nitrogens with two attached hydrogens (primary N) is 2. The third kappa shape index (κ3) is 10.5. The second-order valence-corrected chi connectivity index (χ2v) is 10.3. The zero-order valence-electron chi connectivity index (χ0n) is 25.6. The van der Waals surface area contributed by atoms with Crippen LogP contribution in [0.3, 0.4) is 0 Å². The number of allylic oxidation sites excluding steroid dienone is 2. The average Bonchev–Trinajstić information content (AvgIpc) is 3.01. The van der Waals surface area contributed by atoms with Crippen molar-refractivity contribution in [3.05, 3.63) is 59.7 Å². The fourth-order valence-corrected chi connectivity index (χ4v) is 3.74. The minimum Gasteiger partial charge on any atom is -0.493 e. The summed E-state index contributed by atoms with van der Waals surface area (Å²) in [6, 6.07) is 8.10. The molecule has 0 aliphatic heterocycles. The van der Waals surface area contributed by atoms with Gasteiger partial charge in [-0.25, -0.2) is 9.59 Å². The van der Waals surface area contributed by atoms with E-state index in [0.717, 1.165) is 12.8 Å². The maximum absolute atomic E-state index is 12.4. The van der Waals surface area contributed by atoms with Crippen LogP contribution in [0.25, 0.3) is 12.2 Å². The third-order valence-corrected chi connectivity index (χ3v) is 7.13. The van der Waals surface area contributed by atoms with Crippen LogP contribution in [0, 0.1) is 11.8 Å². The quantitative estimate of drug-likeness (QED) is 0.123. The summed E-state index contributed by atoms with van der Waals surface area (Å²) >= 11 is 0. The van der Waals surface area contributed by atoms with E-state index in [0.29, 0.717) is 22.6 Å². The van der Waals surface area contributed by atoms with Crippen LogP contribution in [0.15, 0.2) is 48.6 Å². The molecule has 0 aliphatic carbocycles. The predicted octanol–water partition coefficient (Wildman–Crippen LogP) is 4.52. The zero-order valence-corrected chi connectivity index (χ0v) is 25.6. The fourth-order valence-electron chi connectivity index (χ4n) is 3.74. The SMILES string of the molecule is CC[C@@H](C)[C@H](N)C(=O)Oc1ccc(/C=C/C(=O)CC(=O)/C=C/c2ccc(OC(=O)[C@@H](N)[C@H](C)CC)c(OC)c2)cc1OC. The Labute approximate surface area is 253 Å². The molecule has 0 bridgehead atoms. The second-order valence-electron chi connectivity index (χ2n) is 10.3. The highest BCUT2D eigenvalue weighted by Gasteiger charge is 2.24. The summed E-state index contributed by atoms with van der Waals surface area (Å²) in [5.41, 5.74) is 13.1. The van der Waals surface area contributed by atoms with Crippen LogP contribution in [-0.4, -0.2) is 49.8 Å². The smallest absolute Gasteiger partial charge is 0.328 e. The van der Waals surface area contributed by atoms with Gasteiger partial charge in [0.2, 0.25) is 0 Å². The number of carbonyl (C=O) groups excluding carboxylic acids is 4. The van der Waals surface area contributed by atoms with Gasteiger partial charge in [0, 0.05) is 0 Å². The lowest BCUT2D eigenvalue weighted by Gasteiger charge is -2.17. The van der Waals surface area contributed by atoms with Crippen molar-refractivity contribution in [2.75, 3.05) is 14.2 Å². The molecule has 0 fully saturated rings. The van der Waals surface area contributed by atoms with Crippen molar-refractivity contribution in [1.82, 2.24) is 0 Å². The van der Waals surface area contributed by atoms with Crippen molar-refractivity contribution in [2.45, 2.75) is 59.0 Å². The molecule has 0 spiro atoms. The molecule has 0 aliphatic rings. The van der Waals surface area contributed by atoms with Gasteiger partial charge in [0.25, 0.3) is 0 Å². The fraction of sp³-hybridized carbons (Fsp3) is 0.394. The lowest BCUT2D eigenvalue weighted by Crippen LogP contribution is -2.39. The van der Waals surface area contributed by atoms with Crippen LogP contribution < -0.4 is 30.4 Å². The average molecular weight is 595 g/mol. The first-order valence-corrected chi connectivity index (χ1v) is 14.2. The molecule has 2 aromatic carbocycles. The Balaban J connectivity index is 2.00. The molecule has 0 unspecified atom stereocenters. The lowest BCUT2D eigenvalue weighted by atomic mass is 10.0. The van der Waals surface area contributed by atoms with Gasteiger partial charge < -0.3 is 30.4 Å². The molecule has 0 amide bonds. The third-order valence-electron chi connectivity index (χ3n) is 7.13. The molecule has 0 aromatic heterocycles. The predicted molar refractivity (Wildman–Crippen MR) is 165 cm³/mol. The highest BCUT2D eigenvalue weighted by atomic mass is 16.6. The lowest BCUT2D eigenvalue weighted by molar-refractivity contribution is -0.138. The number of hydrogen-bond donors (Lipinski definition) is 2. The van der Waals surface area contributed by atoms with Crippen molar-refractivity contribution < 1.29 is 38.1 Å². The zero-order chi connectivity index (χ0) is 32.1. The van der Waals surface area contributed by atoms with Crippen molar-refractivity contribution in [3.8, 4) is 23.0 Å². The number of carbonyl (C=O) groups is 4. The molecule has 10 heteroatoms. The molecule has 0 radical (unpaired) electrons. The van der Waals surface area contributed by atoms with Crippen molar-refractivity contribution in [2.24, 2.45) is 23.3 Å². The van der Waals surface area contributed by atoms with Crippen LogP contribution in [0.2, 0.25) is 0 Å². The van der Waals surface area contributed by atoms with Crippen LogP contribution in [0.5, 0.6) is 23.0 Å². The maximum Gasteiger partial charge on any atom is 0.328 e. The van der Waals surface area contributed by atoms with Gasteiger partial charge in [-0.3, -0.25) is 9.59 Å². The van der Waals surface area contributed by atoms with Crippen molar-refractivity contribution in [1.29, 1.82) is 0 Å². The van der Waals surface area contributed by atoms with E-state index in [1.165, 1.54) is 38.5 Å². The van der Waals surface area contributed by atoms with Gasteiger partial charge in [-0.05, 0) is 59.4 Å². The molecular formula is C33H42N2O8. The molecule has 0 heterocycles. The van der Waals surface area contributed by atoms with Crippen LogP contribution in [-0.2, 0) is 19.2 Å². The van der Waals surface area contributed by atoms with Gasteiger partial charge in [0.1, 0.15) is 12.1 Å². The number of esters is 2. The number of hydrogen-bond acceptors (Lipinski definition) is 10. The number of benzene rings is 2. The molecule has 0 saturated carbocycles. The normalized spacial score (nSPS) is 14.1. The van der Waals surface area contributed by atoms with Crippen molar-refractivity contribution >= 4 is 35.7 Å². The summed E-state index contributed by atoms with van der Waals surface area (Å²) in [4.78, 5) is 49.5. The summed E-state index contributed by atoms with van der Waals surface area (Å²) in [7, 11) is 2.87. The minimum atomic E-state index is -0.761. The first kappa shape index (κ1) is 34.9. The van der Waals surface area contributed by atoms with Crippen LogP contribution >= 0.6 is 0 Å². The molecule has 10 nitrogen and oxygen atoms in total. The van der Waals surface area contributed by atoms with Gasteiger partial charge in [-0.15, -0.1) is 0 Å². The highest BCUT2D eigenvalue weighted by Crippen LogP contribution is 2.30. The Kier molecular flexibility index (Phi) is 13.8. The molecule has 4 atom stereocenters. The van der Waals surface area contributed by atoms with E-state index < -0.39 is 35.6 Å². The summed E-state index contributed by atoms with van der Waals surface area (Å²) in [6.45, 7) is 7.62. The monoisotopic (exact) mass is 594 g/mol. The topological polar surface area (TPSA) is 157 Å². The van der Waals surface area contributed by atoms with Gasteiger partial charge in [-0.1, -0.05) is 64.8 Å². The van der Waals surface area contributed by atoms with Gasteiger partial charge in [0.05, 0.1) is 20.6 Å². The van der Waals surface area contributed by atoms with Crippen molar-refractivity contribution in [3.63, 3.8) is 0 Å². The minimum absolute atomic E-state index is 0.0386. The molecule has 43 heavy (non-hydrogen) atoms. The van der Waals surface area contributed by atoms with E-state index in [9.17, 15) is 19.2 Å². The number of ether oxygens (including phenoxy) is 4. The standard InChI is InChI=1S/C33H42N2O8/c1-7-20(3)30(34)32(38)42-26-15-11-22(17-28(26)40-5)9-13-24(36)19-25(37)14-10-23-12-16-27(29(18-23)41-6)43-33(39)31(35)21(4)8-2/h9-18,20-21,30-31H,7-8,19,34-35H2,1-6H3/b13-9+,14-10+/t20-,21-,30+,31+/m1/s1. The second kappa shape index (κ2) is 17.0. The Hall–Kier alpha value is -4.28. The van der Waals surface area contributed by atoms with E-state index in [1.54, 1.807) is 36.4 Å². The van der Waals surface area contributed by atoms with Crippen LogP contribution in [0.4, 0.5) is 0 Å². The molecule has 4 N–H and O–H groups in total. The van der Waals surface area contributed by atoms with E-state index in [1.807, 2.05) is 27.7 Å². The van der Waals surface area contributed by atoms with E-state index >= 15 is 0 Å². The summed E-state index contributed by atoms with van der Waals surface area (Å²) in [6.07, 6.45) is 6.79. The molecule has 2 aromatic rings. The molecular weight excluding hydrogens is 552 g/mol. The maximum atomic E-state index is 12.4.